The van der Waals surface area contributed by atoms with E-state index < -0.39 is 53.6 Å². The van der Waals surface area contributed by atoms with Gasteiger partial charge in [0.2, 0.25) is 17.7 Å². The predicted octanol–water partition coefficient (Wildman–Crippen LogP) is 3.26. The van der Waals surface area contributed by atoms with Gasteiger partial charge in [0.05, 0.1) is 6.42 Å². The van der Waals surface area contributed by atoms with Gasteiger partial charge < -0.3 is 26.0 Å². The van der Waals surface area contributed by atoms with Crippen molar-refractivity contribution in [3.63, 3.8) is 0 Å². The minimum Gasteiger partial charge on any atom is -0.444 e. The molecular formula is C26H42N4O5. The predicted molar refractivity (Wildman–Crippen MR) is 136 cm³/mol. The van der Waals surface area contributed by atoms with E-state index >= 15 is 0 Å². The molecule has 1 aromatic rings. The highest BCUT2D eigenvalue weighted by molar-refractivity contribution is 5.95. The van der Waals surface area contributed by atoms with E-state index in [2.05, 4.69) is 10.6 Å². The lowest BCUT2D eigenvalue weighted by molar-refractivity contribution is -0.146. The Morgan fingerprint density at radius 3 is 2.06 bits per heavy atom. The lowest BCUT2D eigenvalue weighted by Crippen LogP contribution is -2.57. The number of hydrogen-bond acceptors (Lipinski definition) is 5. The topological polar surface area (TPSA) is 131 Å². The highest BCUT2D eigenvalue weighted by Gasteiger charge is 2.39. The minimum atomic E-state index is -1.31. The normalized spacial score (nSPS) is 13.6. The quantitative estimate of drug-likeness (QED) is 0.515. The number of carbonyl (C=O) groups is 4. The van der Waals surface area contributed by atoms with Gasteiger partial charge in [-0.2, -0.15) is 0 Å². The summed E-state index contributed by atoms with van der Waals surface area (Å²) in [5.74, 6) is -1.76. The Morgan fingerprint density at radius 2 is 1.60 bits per heavy atom. The van der Waals surface area contributed by atoms with E-state index in [0.29, 0.717) is 5.56 Å². The Kier molecular flexibility index (Phi) is 9.88. The van der Waals surface area contributed by atoms with Crippen LogP contribution in [-0.4, -0.2) is 51.9 Å². The Labute approximate surface area is 209 Å². The first-order valence-corrected chi connectivity index (χ1v) is 11.8. The molecule has 0 aliphatic rings. The van der Waals surface area contributed by atoms with Gasteiger partial charge in [-0.25, -0.2) is 4.79 Å². The molecule has 2 atom stereocenters. The lowest BCUT2D eigenvalue weighted by Gasteiger charge is -2.39. The SMILES string of the molecule is Cc1cccc(C(C(=O)NC(C)(C)C)N(C(=O)C(CC(N)=O)NC(=O)OC(C)(C)C)C(C)C)c1C. The number of primary amides is 1. The highest BCUT2D eigenvalue weighted by Crippen LogP contribution is 2.29. The third kappa shape index (κ3) is 9.22. The molecule has 35 heavy (non-hydrogen) atoms. The number of ether oxygens (including phenoxy) is 1. The monoisotopic (exact) mass is 490 g/mol. The smallest absolute Gasteiger partial charge is 0.408 e. The second kappa shape index (κ2) is 11.6. The zero-order valence-corrected chi connectivity index (χ0v) is 22.7. The van der Waals surface area contributed by atoms with Crippen molar-refractivity contribution in [3.05, 3.63) is 34.9 Å². The van der Waals surface area contributed by atoms with E-state index in [-0.39, 0.29) is 5.91 Å². The molecule has 0 spiro atoms. The van der Waals surface area contributed by atoms with E-state index in [9.17, 15) is 19.2 Å². The molecule has 2 unspecified atom stereocenters. The molecule has 1 aromatic carbocycles. The van der Waals surface area contributed by atoms with E-state index in [0.717, 1.165) is 11.1 Å². The average molecular weight is 491 g/mol. The number of rotatable bonds is 8. The Hall–Kier alpha value is -3.10. The largest absolute Gasteiger partial charge is 0.444 e. The summed E-state index contributed by atoms with van der Waals surface area (Å²) in [5, 5.41) is 5.44. The van der Waals surface area contributed by atoms with Gasteiger partial charge in [0.1, 0.15) is 17.7 Å². The molecule has 9 nitrogen and oxygen atoms in total. The van der Waals surface area contributed by atoms with Gasteiger partial charge in [-0.15, -0.1) is 0 Å². The molecule has 4 N–H and O–H groups in total. The molecule has 1 rings (SSSR count). The number of benzene rings is 1. The number of carbonyl (C=O) groups excluding carboxylic acids is 4. The van der Waals surface area contributed by atoms with Crippen molar-refractivity contribution < 1.29 is 23.9 Å². The first-order chi connectivity index (χ1) is 15.8. The zero-order valence-electron chi connectivity index (χ0n) is 22.7. The summed E-state index contributed by atoms with van der Waals surface area (Å²) in [7, 11) is 0. The molecule has 0 saturated heterocycles. The lowest BCUT2D eigenvalue weighted by atomic mass is 9.93. The second-order valence-electron chi connectivity index (χ2n) is 11.1. The van der Waals surface area contributed by atoms with Crippen molar-refractivity contribution >= 4 is 23.8 Å². The molecule has 0 radical (unpaired) electrons. The van der Waals surface area contributed by atoms with Crippen molar-refractivity contribution in [1.82, 2.24) is 15.5 Å². The maximum atomic E-state index is 13.9. The molecule has 0 aromatic heterocycles. The van der Waals surface area contributed by atoms with E-state index in [1.807, 2.05) is 52.8 Å². The van der Waals surface area contributed by atoms with Crippen LogP contribution in [0.1, 0.15) is 84.5 Å². The van der Waals surface area contributed by atoms with Crippen LogP contribution in [0.15, 0.2) is 18.2 Å². The number of aryl methyl sites for hydroxylation is 1. The number of alkyl carbamates (subject to hydrolysis) is 1. The highest BCUT2D eigenvalue weighted by atomic mass is 16.6. The Balaban J connectivity index is 3.60. The summed E-state index contributed by atoms with van der Waals surface area (Å²) in [6.45, 7) is 18.0. The molecule has 0 saturated carbocycles. The molecule has 0 fully saturated rings. The van der Waals surface area contributed by atoms with Gasteiger partial charge in [-0.1, -0.05) is 18.2 Å². The van der Waals surface area contributed by atoms with Gasteiger partial charge in [0, 0.05) is 11.6 Å². The van der Waals surface area contributed by atoms with E-state index in [1.54, 1.807) is 34.6 Å². The van der Waals surface area contributed by atoms with E-state index in [4.69, 9.17) is 10.5 Å². The van der Waals surface area contributed by atoms with Crippen LogP contribution in [0.25, 0.3) is 0 Å². The van der Waals surface area contributed by atoms with Crippen LogP contribution in [0.2, 0.25) is 0 Å². The van der Waals surface area contributed by atoms with Gasteiger partial charge in [-0.05, 0) is 85.9 Å². The minimum absolute atomic E-state index is 0.372. The van der Waals surface area contributed by atoms with Crippen LogP contribution in [0, 0.1) is 13.8 Å². The Bertz CT molecular complexity index is 944. The van der Waals surface area contributed by atoms with Crippen molar-refractivity contribution in [2.45, 2.75) is 105 Å². The summed E-state index contributed by atoms with van der Waals surface area (Å²) in [4.78, 5) is 53.2. The maximum Gasteiger partial charge on any atom is 0.408 e. The number of hydrogen-bond donors (Lipinski definition) is 3. The van der Waals surface area contributed by atoms with Crippen molar-refractivity contribution in [1.29, 1.82) is 0 Å². The zero-order chi connectivity index (χ0) is 27.3. The van der Waals surface area contributed by atoms with Crippen molar-refractivity contribution in [2.75, 3.05) is 0 Å². The number of nitrogens with zero attached hydrogens (tertiary/aromatic N) is 1. The fourth-order valence-electron chi connectivity index (χ4n) is 3.64. The summed E-state index contributed by atoms with van der Waals surface area (Å²) in [5.41, 5.74) is 6.53. The van der Waals surface area contributed by atoms with Gasteiger partial charge in [-0.3, -0.25) is 14.4 Å². The fraction of sp³-hybridized carbons (Fsp3) is 0.615. The van der Waals surface area contributed by atoms with Crippen LogP contribution >= 0.6 is 0 Å². The summed E-state index contributed by atoms with van der Waals surface area (Å²) < 4.78 is 5.28. The second-order valence-corrected chi connectivity index (χ2v) is 11.1. The van der Waals surface area contributed by atoms with Crippen molar-refractivity contribution in [3.8, 4) is 0 Å². The molecule has 0 bridgehead atoms. The third-order valence-corrected chi connectivity index (χ3v) is 5.17. The Morgan fingerprint density at radius 1 is 1.03 bits per heavy atom. The molecule has 196 valence electrons. The van der Waals surface area contributed by atoms with Gasteiger partial charge in [0.25, 0.3) is 0 Å². The van der Waals surface area contributed by atoms with Gasteiger partial charge >= 0.3 is 6.09 Å². The number of nitrogens with one attached hydrogen (secondary N) is 2. The summed E-state index contributed by atoms with van der Waals surface area (Å²) in [6.07, 6.45) is -1.30. The average Bonchev–Trinajstić information content (AvgIpc) is 2.64. The third-order valence-electron chi connectivity index (χ3n) is 5.17. The van der Waals surface area contributed by atoms with E-state index in [1.165, 1.54) is 4.90 Å². The number of amides is 4. The molecular weight excluding hydrogens is 448 g/mol. The van der Waals surface area contributed by atoms with Crippen LogP contribution < -0.4 is 16.4 Å². The van der Waals surface area contributed by atoms with Crippen LogP contribution in [0.3, 0.4) is 0 Å². The standard InChI is InChI=1S/C26H42N4O5/c1-15(2)30(23(33)19(14-20(27)31)28-24(34)35-26(8,9)10)21(22(32)29-25(5,6)7)18-13-11-12-16(3)17(18)4/h11-13,15,19,21H,14H2,1-10H3,(H2,27,31)(H,28,34)(H,29,32). The summed E-state index contributed by atoms with van der Waals surface area (Å²) in [6, 6.07) is 2.81. The molecule has 0 aliphatic carbocycles. The molecule has 4 amide bonds. The molecule has 0 heterocycles. The number of nitrogens with two attached hydrogens (primary N) is 1. The van der Waals surface area contributed by atoms with Crippen LogP contribution in [-0.2, 0) is 19.1 Å². The first kappa shape index (κ1) is 29.9. The van der Waals surface area contributed by atoms with Gasteiger partial charge in [0.15, 0.2) is 0 Å². The van der Waals surface area contributed by atoms with Crippen LogP contribution in [0.5, 0.6) is 0 Å². The summed E-state index contributed by atoms with van der Waals surface area (Å²) >= 11 is 0. The maximum absolute atomic E-state index is 13.9. The fourth-order valence-corrected chi connectivity index (χ4v) is 3.64. The first-order valence-electron chi connectivity index (χ1n) is 11.8. The van der Waals surface area contributed by atoms with Crippen LogP contribution in [0.4, 0.5) is 4.79 Å². The molecule has 9 heteroatoms. The molecule has 0 aliphatic heterocycles. The van der Waals surface area contributed by atoms with Crippen molar-refractivity contribution in [2.24, 2.45) is 5.73 Å².